The van der Waals surface area contributed by atoms with E-state index in [1.54, 1.807) is 13.8 Å². The summed E-state index contributed by atoms with van der Waals surface area (Å²) in [6.45, 7) is 3.29. The Hall–Kier alpha value is -2.24. The maximum absolute atomic E-state index is 13.8. The molecule has 0 bridgehead atoms. The van der Waals surface area contributed by atoms with Crippen LogP contribution in [0.4, 0.5) is 17.6 Å². The van der Waals surface area contributed by atoms with Crippen LogP contribution in [0.15, 0.2) is 35.0 Å². The van der Waals surface area contributed by atoms with Crippen molar-refractivity contribution in [3.05, 3.63) is 58.2 Å². The predicted octanol–water partition coefficient (Wildman–Crippen LogP) is 3.17. The van der Waals surface area contributed by atoms with Crippen molar-refractivity contribution in [1.82, 2.24) is 14.1 Å². The summed E-state index contributed by atoms with van der Waals surface area (Å²) in [4.78, 5) is -0.804. The molecule has 2 N–H and O–H groups in total. The Kier molecular flexibility index (Phi) is 7.10. The molecule has 0 amide bonds. The molecule has 0 aliphatic heterocycles. The van der Waals surface area contributed by atoms with Crippen molar-refractivity contribution in [2.24, 2.45) is 5.73 Å². The SMILES string of the molecule is Cc1nn(CC(F)=CCN)c(C)c1Cc1ccc(S(=O)(=O)N(C)C)c(C(F)(F)F)c1. The zero-order chi connectivity index (χ0) is 22.9. The van der Waals surface area contributed by atoms with Crippen LogP contribution in [0.25, 0.3) is 0 Å². The summed E-state index contributed by atoms with van der Waals surface area (Å²) in [5, 5.41) is 4.25. The highest BCUT2D eigenvalue weighted by Gasteiger charge is 2.38. The second-order valence-corrected chi connectivity index (χ2v) is 9.11. The van der Waals surface area contributed by atoms with Gasteiger partial charge < -0.3 is 5.73 Å². The summed E-state index contributed by atoms with van der Waals surface area (Å²) in [7, 11) is -1.93. The number of aromatic nitrogens is 2. The van der Waals surface area contributed by atoms with Crippen molar-refractivity contribution in [2.45, 2.75) is 37.9 Å². The van der Waals surface area contributed by atoms with Gasteiger partial charge in [0.05, 0.1) is 22.7 Å². The molecule has 1 heterocycles. The standard InChI is InChI=1S/C19H24F4N4O2S/c1-12-16(13(2)27(25-12)11-15(20)7-8-24)9-14-5-6-18(30(28,29)26(3)4)17(10-14)19(21,22)23/h5-7,10H,8-9,11,24H2,1-4H3. The molecule has 1 aromatic heterocycles. The molecule has 6 nitrogen and oxygen atoms in total. The van der Waals surface area contributed by atoms with Crippen molar-refractivity contribution in [1.29, 1.82) is 0 Å². The van der Waals surface area contributed by atoms with Crippen LogP contribution in [0.3, 0.4) is 0 Å². The molecular weight excluding hydrogens is 424 g/mol. The van der Waals surface area contributed by atoms with Gasteiger partial charge in [0.25, 0.3) is 0 Å². The topological polar surface area (TPSA) is 81.2 Å². The van der Waals surface area contributed by atoms with Crippen LogP contribution < -0.4 is 5.73 Å². The van der Waals surface area contributed by atoms with E-state index in [1.807, 2.05) is 0 Å². The number of nitrogens with zero attached hydrogens (tertiary/aromatic N) is 3. The number of sulfonamides is 1. The second-order valence-electron chi connectivity index (χ2n) is 6.99. The van der Waals surface area contributed by atoms with Crippen LogP contribution >= 0.6 is 0 Å². The fourth-order valence-electron chi connectivity index (χ4n) is 3.01. The fourth-order valence-corrected chi connectivity index (χ4v) is 4.10. The minimum absolute atomic E-state index is 0.0421. The first-order chi connectivity index (χ1) is 13.8. The van der Waals surface area contributed by atoms with Crippen molar-refractivity contribution in [3.63, 3.8) is 0 Å². The average Bonchev–Trinajstić information content (AvgIpc) is 2.88. The third kappa shape index (κ3) is 5.08. The van der Waals surface area contributed by atoms with Gasteiger partial charge in [0.2, 0.25) is 10.0 Å². The van der Waals surface area contributed by atoms with Crippen molar-refractivity contribution < 1.29 is 26.0 Å². The summed E-state index contributed by atoms with van der Waals surface area (Å²) in [6.07, 6.45) is -3.54. The smallest absolute Gasteiger partial charge is 0.327 e. The summed E-state index contributed by atoms with van der Waals surface area (Å²) < 4.78 is 81.3. The molecule has 0 saturated carbocycles. The van der Waals surface area contributed by atoms with Crippen LogP contribution in [-0.4, -0.2) is 43.1 Å². The van der Waals surface area contributed by atoms with Gasteiger partial charge in [0.1, 0.15) is 5.83 Å². The lowest BCUT2D eigenvalue weighted by Crippen LogP contribution is -2.25. The first-order valence-corrected chi connectivity index (χ1v) is 10.4. The molecular formula is C19H24F4N4O2S. The monoisotopic (exact) mass is 448 g/mol. The molecule has 1 aromatic carbocycles. The zero-order valence-corrected chi connectivity index (χ0v) is 17.9. The summed E-state index contributed by atoms with van der Waals surface area (Å²) in [5.74, 6) is -0.466. The number of rotatable bonds is 7. The van der Waals surface area contributed by atoms with E-state index >= 15 is 0 Å². The number of alkyl halides is 3. The summed E-state index contributed by atoms with van der Waals surface area (Å²) in [5.41, 5.74) is 6.12. The molecule has 11 heteroatoms. The molecule has 0 aliphatic carbocycles. The third-order valence-electron chi connectivity index (χ3n) is 4.66. The van der Waals surface area contributed by atoms with Gasteiger partial charge in [-0.15, -0.1) is 0 Å². The van der Waals surface area contributed by atoms with Crippen LogP contribution in [0.5, 0.6) is 0 Å². The first kappa shape index (κ1) is 24.0. The highest BCUT2D eigenvalue weighted by atomic mass is 32.2. The van der Waals surface area contributed by atoms with Gasteiger partial charge in [-0.3, -0.25) is 4.68 Å². The normalized spacial score (nSPS) is 13.3. The van der Waals surface area contributed by atoms with Gasteiger partial charge >= 0.3 is 6.18 Å². The minimum atomic E-state index is -4.85. The number of benzene rings is 1. The van der Waals surface area contributed by atoms with Gasteiger partial charge in [-0.25, -0.2) is 17.1 Å². The predicted molar refractivity (Wildman–Crippen MR) is 105 cm³/mol. The lowest BCUT2D eigenvalue weighted by Gasteiger charge is -2.18. The van der Waals surface area contributed by atoms with E-state index in [0.717, 1.165) is 16.4 Å². The Bertz CT molecular complexity index is 1060. The molecule has 30 heavy (non-hydrogen) atoms. The highest BCUT2D eigenvalue weighted by molar-refractivity contribution is 7.89. The van der Waals surface area contributed by atoms with Crippen LogP contribution in [0.1, 0.15) is 28.1 Å². The van der Waals surface area contributed by atoms with Crippen LogP contribution in [-0.2, 0) is 29.2 Å². The Morgan fingerprint density at radius 2 is 1.90 bits per heavy atom. The molecule has 0 fully saturated rings. The molecule has 0 atom stereocenters. The first-order valence-electron chi connectivity index (χ1n) is 8.99. The molecule has 0 saturated heterocycles. The molecule has 0 unspecified atom stereocenters. The van der Waals surface area contributed by atoms with Crippen LogP contribution in [0.2, 0.25) is 0 Å². The third-order valence-corrected chi connectivity index (χ3v) is 6.53. The van der Waals surface area contributed by atoms with E-state index in [4.69, 9.17) is 5.73 Å². The fraction of sp³-hybridized carbons (Fsp3) is 0.421. The Morgan fingerprint density at radius 1 is 1.27 bits per heavy atom. The maximum atomic E-state index is 13.8. The van der Waals surface area contributed by atoms with E-state index in [0.29, 0.717) is 17.0 Å². The number of hydrogen-bond acceptors (Lipinski definition) is 4. The molecule has 2 aromatic rings. The van der Waals surface area contributed by atoms with Gasteiger partial charge in [-0.2, -0.15) is 18.3 Å². The number of halogens is 4. The number of hydrogen-bond donors (Lipinski definition) is 1. The van der Waals surface area contributed by atoms with Gasteiger partial charge in [-0.1, -0.05) is 6.07 Å². The van der Waals surface area contributed by atoms with E-state index in [9.17, 15) is 26.0 Å². The van der Waals surface area contributed by atoms with Gasteiger partial charge in [0.15, 0.2) is 0 Å². The minimum Gasteiger partial charge on any atom is -0.327 e. The molecule has 0 spiro atoms. The van der Waals surface area contributed by atoms with E-state index in [1.165, 1.54) is 30.9 Å². The molecule has 2 rings (SSSR count). The van der Waals surface area contributed by atoms with Gasteiger partial charge in [-0.05, 0) is 37.6 Å². The van der Waals surface area contributed by atoms with Crippen molar-refractivity contribution >= 4 is 10.0 Å². The van der Waals surface area contributed by atoms with Crippen molar-refractivity contribution in [3.8, 4) is 0 Å². The van der Waals surface area contributed by atoms with Crippen LogP contribution in [0, 0.1) is 13.8 Å². The molecule has 0 radical (unpaired) electrons. The Labute approximate surface area is 173 Å². The summed E-state index contributed by atoms with van der Waals surface area (Å²) >= 11 is 0. The molecule has 0 aliphatic rings. The number of allylic oxidation sites excluding steroid dienone is 1. The van der Waals surface area contributed by atoms with E-state index in [-0.39, 0.29) is 25.1 Å². The quantitative estimate of drug-likeness (QED) is 0.660. The lowest BCUT2D eigenvalue weighted by molar-refractivity contribution is -0.140. The highest BCUT2D eigenvalue weighted by Crippen LogP contribution is 2.36. The number of aryl methyl sites for hydroxylation is 1. The molecule has 166 valence electrons. The second kappa shape index (κ2) is 8.86. The Morgan fingerprint density at radius 3 is 2.43 bits per heavy atom. The summed E-state index contributed by atoms with van der Waals surface area (Å²) in [6, 6.07) is 3.14. The lowest BCUT2D eigenvalue weighted by atomic mass is 10.0. The zero-order valence-electron chi connectivity index (χ0n) is 17.1. The number of nitrogens with two attached hydrogens (primary N) is 1. The van der Waals surface area contributed by atoms with E-state index in [2.05, 4.69) is 5.10 Å². The maximum Gasteiger partial charge on any atom is 0.417 e. The average molecular weight is 448 g/mol. The van der Waals surface area contributed by atoms with Gasteiger partial charge in [0, 0.05) is 38.3 Å². The van der Waals surface area contributed by atoms with Crippen molar-refractivity contribution in [2.75, 3.05) is 20.6 Å². The van der Waals surface area contributed by atoms with E-state index < -0.39 is 32.5 Å². The Balaban J connectivity index is 2.48. The largest absolute Gasteiger partial charge is 0.417 e.